The van der Waals surface area contributed by atoms with Crippen LogP contribution in [0.15, 0.2) is 52.4 Å². The molecule has 0 spiro atoms. The quantitative estimate of drug-likeness (QED) is 0.450. The van der Waals surface area contributed by atoms with Crippen molar-refractivity contribution >= 4 is 34.3 Å². The topological polar surface area (TPSA) is 84.2 Å². The van der Waals surface area contributed by atoms with E-state index in [1.54, 1.807) is 22.8 Å². The van der Waals surface area contributed by atoms with Crippen molar-refractivity contribution in [2.45, 2.75) is 49.6 Å². The Morgan fingerprint density at radius 1 is 1.23 bits per heavy atom. The number of aliphatic hydroxyl groups is 1. The summed E-state index contributed by atoms with van der Waals surface area (Å²) in [5.74, 6) is -0.130. The van der Waals surface area contributed by atoms with Crippen LogP contribution >= 0.6 is 11.8 Å². The van der Waals surface area contributed by atoms with Gasteiger partial charge in [0.25, 0.3) is 5.56 Å². The largest absolute Gasteiger partial charge is 0.396 e. The van der Waals surface area contributed by atoms with Crippen LogP contribution in [0, 0.1) is 0 Å². The molecule has 1 amide bonds. The number of para-hydroxylation sites is 1. The van der Waals surface area contributed by atoms with Gasteiger partial charge in [-0.05, 0) is 68.0 Å². The Labute approximate surface area is 179 Å². The van der Waals surface area contributed by atoms with E-state index in [1.165, 1.54) is 22.9 Å². The maximum absolute atomic E-state index is 12.9. The standard InChI is InChI=1S/C23H25N3O3S/c1-15(21(28)24-18-11-10-16-6-4-7-17(16)14-18)30-23-25-20-9-3-2-8-19(20)22(29)26(23)12-5-13-27/h2-3,8-11,14-15,27H,4-7,12-13H2,1H3,(H,24,28). The predicted molar refractivity (Wildman–Crippen MR) is 120 cm³/mol. The smallest absolute Gasteiger partial charge is 0.262 e. The van der Waals surface area contributed by atoms with Crippen LogP contribution in [0.2, 0.25) is 0 Å². The summed E-state index contributed by atoms with van der Waals surface area (Å²) in [5.41, 5.74) is 3.93. The van der Waals surface area contributed by atoms with E-state index >= 15 is 0 Å². The van der Waals surface area contributed by atoms with Crippen LogP contribution in [0.4, 0.5) is 5.69 Å². The van der Waals surface area contributed by atoms with Gasteiger partial charge in [-0.25, -0.2) is 4.98 Å². The second kappa shape index (κ2) is 9.02. The van der Waals surface area contributed by atoms with E-state index in [0.717, 1.165) is 24.9 Å². The lowest BCUT2D eigenvalue weighted by molar-refractivity contribution is -0.115. The number of carbonyl (C=O) groups is 1. The van der Waals surface area contributed by atoms with Crippen molar-refractivity contribution in [2.75, 3.05) is 11.9 Å². The zero-order valence-electron chi connectivity index (χ0n) is 16.9. The average molecular weight is 424 g/mol. The Morgan fingerprint density at radius 3 is 2.87 bits per heavy atom. The van der Waals surface area contributed by atoms with Crippen LogP contribution < -0.4 is 10.9 Å². The van der Waals surface area contributed by atoms with E-state index in [2.05, 4.69) is 22.4 Å². The minimum absolute atomic E-state index is 0.0161. The minimum Gasteiger partial charge on any atom is -0.396 e. The first kappa shape index (κ1) is 20.6. The highest BCUT2D eigenvalue weighted by molar-refractivity contribution is 8.00. The zero-order valence-corrected chi connectivity index (χ0v) is 17.7. The molecule has 0 radical (unpaired) electrons. The molecule has 1 atom stereocenters. The molecule has 0 bridgehead atoms. The maximum Gasteiger partial charge on any atom is 0.262 e. The summed E-state index contributed by atoms with van der Waals surface area (Å²) in [4.78, 5) is 30.4. The van der Waals surface area contributed by atoms with Gasteiger partial charge in [-0.15, -0.1) is 0 Å². The van der Waals surface area contributed by atoms with Gasteiger partial charge in [0, 0.05) is 18.8 Å². The summed E-state index contributed by atoms with van der Waals surface area (Å²) in [5, 5.41) is 12.8. The van der Waals surface area contributed by atoms with Crippen LogP contribution in [-0.4, -0.2) is 32.4 Å². The molecular weight excluding hydrogens is 398 g/mol. The number of nitrogens with one attached hydrogen (secondary N) is 1. The van der Waals surface area contributed by atoms with Crippen molar-refractivity contribution < 1.29 is 9.90 Å². The highest BCUT2D eigenvalue weighted by Gasteiger charge is 2.20. The van der Waals surface area contributed by atoms with E-state index in [9.17, 15) is 14.7 Å². The van der Waals surface area contributed by atoms with Crippen LogP contribution in [-0.2, 0) is 24.2 Å². The van der Waals surface area contributed by atoms with Gasteiger partial charge in [-0.1, -0.05) is 30.0 Å². The Kier molecular flexibility index (Phi) is 6.20. The number of aliphatic hydroxyl groups excluding tert-OH is 1. The van der Waals surface area contributed by atoms with Crippen molar-refractivity contribution in [3.05, 3.63) is 63.9 Å². The van der Waals surface area contributed by atoms with Gasteiger partial charge in [-0.2, -0.15) is 0 Å². The number of nitrogens with zero attached hydrogens (tertiary/aromatic N) is 2. The number of rotatable bonds is 7. The molecule has 6 nitrogen and oxygen atoms in total. The van der Waals surface area contributed by atoms with Crippen molar-refractivity contribution in [3.8, 4) is 0 Å². The van der Waals surface area contributed by atoms with E-state index in [0.29, 0.717) is 29.0 Å². The van der Waals surface area contributed by atoms with Gasteiger partial charge >= 0.3 is 0 Å². The number of hydrogen-bond donors (Lipinski definition) is 2. The number of aromatic nitrogens is 2. The number of thioether (sulfide) groups is 1. The first-order valence-electron chi connectivity index (χ1n) is 10.3. The molecule has 0 fully saturated rings. The molecule has 156 valence electrons. The molecule has 1 heterocycles. The molecule has 30 heavy (non-hydrogen) atoms. The van der Waals surface area contributed by atoms with Gasteiger partial charge < -0.3 is 10.4 Å². The van der Waals surface area contributed by atoms with Crippen molar-refractivity contribution in [1.29, 1.82) is 0 Å². The number of anilines is 1. The summed E-state index contributed by atoms with van der Waals surface area (Å²) in [7, 11) is 0. The van der Waals surface area contributed by atoms with Gasteiger partial charge in [-0.3, -0.25) is 14.2 Å². The number of hydrogen-bond acceptors (Lipinski definition) is 5. The number of fused-ring (bicyclic) bond motifs is 2. The Bertz CT molecular complexity index is 1140. The molecular formula is C23H25N3O3S. The third-order valence-corrected chi connectivity index (χ3v) is 6.47. The second-order valence-electron chi connectivity index (χ2n) is 7.53. The molecule has 2 aromatic carbocycles. The summed E-state index contributed by atoms with van der Waals surface area (Å²) in [6.07, 6.45) is 3.78. The minimum atomic E-state index is -0.438. The fourth-order valence-corrected chi connectivity index (χ4v) is 4.70. The first-order chi connectivity index (χ1) is 14.6. The fourth-order valence-electron chi connectivity index (χ4n) is 3.77. The third-order valence-electron chi connectivity index (χ3n) is 5.38. The van der Waals surface area contributed by atoms with Crippen LogP contribution in [0.3, 0.4) is 0 Å². The molecule has 2 N–H and O–H groups in total. The summed E-state index contributed by atoms with van der Waals surface area (Å²) in [6, 6.07) is 13.3. The molecule has 1 aliphatic carbocycles. The first-order valence-corrected chi connectivity index (χ1v) is 11.1. The van der Waals surface area contributed by atoms with Crippen molar-refractivity contribution in [2.24, 2.45) is 0 Å². The molecule has 0 saturated carbocycles. The fraction of sp³-hybridized carbons (Fsp3) is 0.348. The lowest BCUT2D eigenvalue weighted by Crippen LogP contribution is -2.27. The SMILES string of the molecule is CC(Sc1nc2ccccc2c(=O)n1CCCO)C(=O)Nc1ccc2c(c1)CCC2. The molecule has 0 aliphatic heterocycles. The van der Waals surface area contributed by atoms with Gasteiger partial charge in [0.2, 0.25) is 5.91 Å². The van der Waals surface area contributed by atoms with Crippen LogP contribution in [0.1, 0.15) is 30.9 Å². The third kappa shape index (κ3) is 4.27. The zero-order chi connectivity index (χ0) is 21.1. The molecule has 7 heteroatoms. The van der Waals surface area contributed by atoms with Crippen LogP contribution in [0.25, 0.3) is 10.9 Å². The van der Waals surface area contributed by atoms with Crippen molar-refractivity contribution in [3.63, 3.8) is 0 Å². The molecule has 3 aromatic rings. The van der Waals surface area contributed by atoms with E-state index < -0.39 is 5.25 Å². The lowest BCUT2D eigenvalue weighted by atomic mass is 10.1. The number of carbonyl (C=O) groups excluding carboxylic acids is 1. The average Bonchev–Trinajstić information content (AvgIpc) is 3.21. The molecule has 1 aliphatic rings. The van der Waals surface area contributed by atoms with E-state index in [-0.39, 0.29) is 18.1 Å². The number of amides is 1. The second-order valence-corrected chi connectivity index (χ2v) is 8.84. The van der Waals surface area contributed by atoms with E-state index in [4.69, 9.17) is 0 Å². The van der Waals surface area contributed by atoms with Crippen molar-refractivity contribution in [1.82, 2.24) is 9.55 Å². The van der Waals surface area contributed by atoms with Crippen LogP contribution in [0.5, 0.6) is 0 Å². The van der Waals surface area contributed by atoms with E-state index in [1.807, 2.05) is 19.1 Å². The normalized spacial score (nSPS) is 13.9. The summed E-state index contributed by atoms with van der Waals surface area (Å²) < 4.78 is 1.56. The number of benzene rings is 2. The lowest BCUT2D eigenvalue weighted by Gasteiger charge is -2.16. The predicted octanol–water partition coefficient (Wildman–Crippen LogP) is 3.39. The Morgan fingerprint density at radius 2 is 2.03 bits per heavy atom. The molecule has 4 rings (SSSR count). The molecule has 1 unspecified atom stereocenters. The highest BCUT2D eigenvalue weighted by atomic mass is 32.2. The summed E-state index contributed by atoms with van der Waals surface area (Å²) in [6.45, 7) is 2.15. The monoisotopic (exact) mass is 423 g/mol. The highest BCUT2D eigenvalue weighted by Crippen LogP contribution is 2.27. The molecule has 1 aromatic heterocycles. The Hall–Kier alpha value is -2.64. The number of aryl methyl sites for hydroxylation is 2. The summed E-state index contributed by atoms with van der Waals surface area (Å²) >= 11 is 1.26. The Balaban J connectivity index is 1.56. The molecule has 0 saturated heterocycles. The van der Waals surface area contributed by atoms with Gasteiger partial charge in [0.1, 0.15) is 0 Å². The van der Waals surface area contributed by atoms with Gasteiger partial charge in [0.15, 0.2) is 5.16 Å². The maximum atomic E-state index is 12.9. The van der Waals surface area contributed by atoms with Gasteiger partial charge in [0.05, 0.1) is 16.2 Å².